The molecule has 0 aromatic heterocycles. The lowest BCUT2D eigenvalue weighted by atomic mass is 10.1. The van der Waals surface area contributed by atoms with Gasteiger partial charge in [-0.15, -0.1) is 0 Å². The van der Waals surface area contributed by atoms with Crippen LogP contribution < -0.4 is 5.32 Å². The lowest BCUT2D eigenvalue weighted by Gasteiger charge is -2.16. The average Bonchev–Trinajstić information content (AvgIpc) is 2.30. The van der Waals surface area contributed by atoms with Crippen LogP contribution in [0.1, 0.15) is 60.3 Å². The van der Waals surface area contributed by atoms with E-state index in [9.17, 15) is 4.79 Å². The van der Waals surface area contributed by atoms with Gasteiger partial charge in [0.05, 0.1) is 6.10 Å². The Bertz CT molecular complexity index is 170. The maximum Gasteiger partial charge on any atom is 0.293 e. The highest BCUT2D eigenvalue weighted by molar-refractivity contribution is 5.37. The smallest absolute Gasteiger partial charge is 0.293 e. The van der Waals surface area contributed by atoms with Crippen LogP contribution in [0.2, 0.25) is 0 Å². The van der Waals surface area contributed by atoms with Crippen molar-refractivity contribution in [2.75, 3.05) is 13.1 Å². The number of aliphatic hydroxyl groups is 1. The second-order valence-corrected chi connectivity index (χ2v) is 5.31. The maximum atomic E-state index is 9.60. The van der Waals surface area contributed by atoms with E-state index < -0.39 is 0 Å². The van der Waals surface area contributed by atoms with Gasteiger partial charge in [0.2, 0.25) is 0 Å². The van der Waals surface area contributed by atoms with Gasteiger partial charge in [-0.3, -0.25) is 4.79 Å². The van der Waals surface area contributed by atoms with Crippen LogP contribution in [-0.2, 0) is 9.53 Å². The summed E-state index contributed by atoms with van der Waals surface area (Å²) in [4.78, 5) is 9.60. The molecule has 0 aromatic rings. The molecule has 0 saturated carbocycles. The van der Waals surface area contributed by atoms with Gasteiger partial charge in [0.25, 0.3) is 6.47 Å². The van der Waals surface area contributed by atoms with Crippen molar-refractivity contribution >= 4 is 6.47 Å². The molecular weight excluding hydrogens is 230 g/mol. The van der Waals surface area contributed by atoms with Crippen molar-refractivity contribution in [1.29, 1.82) is 0 Å². The van der Waals surface area contributed by atoms with Crippen molar-refractivity contribution < 1.29 is 14.6 Å². The molecule has 0 unspecified atom stereocenters. The minimum Gasteiger partial charge on any atom is -0.462 e. The summed E-state index contributed by atoms with van der Waals surface area (Å²) in [6.45, 7) is 12.3. The van der Waals surface area contributed by atoms with E-state index in [0.29, 0.717) is 6.47 Å². The van der Waals surface area contributed by atoms with Crippen molar-refractivity contribution in [2.45, 2.75) is 72.0 Å². The molecule has 1 aliphatic heterocycles. The molecule has 0 spiro atoms. The number of hydrogen-bond acceptors (Lipinski definition) is 4. The topological polar surface area (TPSA) is 58.6 Å². The Morgan fingerprint density at radius 1 is 1.22 bits per heavy atom. The van der Waals surface area contributed by atoms with Crippen LogP contribution in [0.4, 0.5) is 0 Å². The minimum absolute atomic E-state index is 0.0266. The van der Waals surface area contributed by atoms with Crippen LogP contribution in [0.3, 0.4) is 0 Å². The number of nitrogens with one attached hydrogen (secondary N) is 1. The van der Waals surface area contributed by atoms with Crippen LogP contribution in [0.25, 0.3) is 0 Å². The summed E-state index contributed by atoms with van der Waals surface area (Å²) >= 11 is 0. The summed E-state index contributed by atoms with van der Waals surface area (Å²) in [5.41, 5.74) is -0.318. The standard InChI is InChI=1S/C5H11NO.C5H10O2.C4H10/c7-5-1-3-6-4-2-5;1-5(2,3)7-4-6;1-3-4-2/h5-7H,1-4H2;4H,1-3H3;3-4H2,1-2H3. The molecule has 18 heavy (non-hydrogen) atoms. The van der Waals surface area contributed by atoms with E-state index in [4.69, 9.17) is 5.11 Å². The van der Waals surface area contributed by atoms with Crippen molar-refractivity contribution in [3.63, 3.8) is 0 Å². The zero-order chi connectivity index (χ0) is 14.4. The first kappa shape index (κ1) is 19.7. The first-order valence-corrected chi connectivity index (χ1v) is 6.87. The predicted molar refractivity (Wildman–Crippen MR) is 75.6 cm³/mol. The largest absolute Gasteiger partial charge is 0.462 e. The molecule has 0 aliphatic carbocycles. The first-order valence-electron chi connectivity index (χ1n) is 6.87. The fraction of sp³-hybridized carbons (Fsp3) is 0.929. The zero-order valence-electron chi connectivity index (χ0n) is 12.7. The van der Waals surface area contributed by atoms with Gasteiger partial charge in [0.1, 0.15) is 5.60 Å². The Kier molecular flexibility index (Phi) is 14.1. The van der Waals surface area contributed by atoms with Crippen LogP contribution in [0.15, 0.2) is 0 Å². The van der Waals surface area contributed by atoms with Crippen LogP contribution in [0.5, 0.6) is 0 Å². The van der Waals surface area contributed by atoms with Gasteiger partial charge < -0.3 is 15.2 Å². The molecule has 4 heteroatoms. The summed E-state index contributed by atoms with van der Waals surface area (Å²) in [7, 11) is 0. The second kappa shape index (κ2) is 12.8. The summed E-state index contributed by atoms with van der Waals surface area (Å²) < 4.78 is 4.55. The second-order valence-electron chi connectivity index (χ2n) is 5.31. The van der Waals surface area contributed by atoms with Gasteiger partial charge in [0.15, 0.2) is 0 Å². The average molecular weight is 261 g/mol. The molecule has 2 N–H and O–H groups in total. The van der Waals surface area contributed by atoms with Crippen molar-refractivity contribution in [1.82, 2.24) is 5.32 Å². The molecule has 0 aromatic carbocycles. The number of rotatable bonds is 2. The molecule has 0 bridgehead atoms. The zero-order valence-corrected chi connectivity index (χ0v) is 12.7. The number of hydrogen-bond donors (Lipinski definition) is 2. The number of carbonyl (C=O) groups is 1. The van der Waals surface area contributed by atoms with E-state index in [1.54, 1.807) is 0 Å². The van der Waals surface area contributed by atoms with Crippen LogP contribution in [0, 0.1) is 0 Å². The highest BCUT2D eigenvalue weighted by atomic mass is 16.5. The van der Waals surface area contributed by atoms with E-state index in [1.807, 2.05) is 20.8 Å². The molecule has 1 rings (SSSR count). The lowest BCUT2D eigenvalue weighted by Crippen LogP contribution is -2.30. The molecular formula is C14H31NO3. The van der Waals surface area contributed by atoms with Gasteiger partial charge >= 0.3 is 0 Å². The Hall–Kier alpha value is -0.610. The molecule has 110 valence electrons. The van der Waals surface area contributed by atoms with Gasteiger partial charge in [-0.1, -0.05) is 26.7 Å². The first-order chi connectivity index (χ1) is 8.37. The molecule has 0 amide bonds. The Morgan fingerprint density at radius 3 is 1.78 bits per heavy atom. The summed E-state index contributed by atoms with van der Waals surface area (Å²) in [5.74, 6) is 0. The number of ether oxygens (including phenoxy) is 1. The normalized spacial score (nSPS) is 15.7. The third-order valence-corrected chi connectivity index (χ3v) is 2.21. The lowest BCUT2D eigenvalue weighted by molar-refractivity contribution is -0.138. The third-order valence-electron chi connectivity index (χ3n) is 2.21. The summed E-state index contributed by atoms with van der Waals surface area (Å²) in [6.07, 6.45) is 4.47. The fourth-order valence-corrected chi connectivity index (χ4v) is 0.951. The van der Waals surface area contributed by atoms with Gasteiger partial charge in [0, 0.05) is 0 Å². The summed E-state index contributed by atoms with van der Waals surface area (Å²) in [6, 6.07) is 0. The van der Waals surface area contributed by atoms with E-state index in [1.165, 1.54) is 12.8 Å². The van der Waals surface area contributed by atoms with Gasteiger partial charge in [-0.2, -0.15) is 0 Å². The molecule has 1 aliphatic rings. The maximum absolute atomic E-state index is 9.60. The number of carbonyl (C=O) groups excluding carboxylic acids is 1. The number of piperidine rings is 1. The molecule has 0 radical (unpaired) electrons. The van der Waals surface area contributed by atoms with E-state index in [2.05, 4.69) is 23.9 Å². The summed E-state index contributed by atoms with van der Waals surface area (Å²) in [5, 5.41) is 12.0. The van der Waals surface area contributed by atoms with Crippen LogP contribution in [-0.4, -0.2) is 36.4 Å². The van der Waals surface area contributed by atoms with E-state index in [0.717, 1.165) is 25.9 Å². The highest BCUT2D eigenvalue weighted by Gasteiger charge is 2.07. The van der Waals surface area contributed by atoms with Gasteiger partial charge in [-0.05, 0) is 46.7 Å². The molecule has 0 atom stereocenters. The van der Waals surface area contributed by atoms with E-state index >= 15 is 0 Å². The minimum atomic E-state index is -0.318. The number of unbranched alkanes of at least 4 members (excludes halogenated alkanes) is 1. The predicted octanol–water partition coefficient (Wildman–Crippen LogP) is 2.50. The Balaban J connectivity index is 0. The third kappa shape index (κ3) is 20.8. The Labute approximate surface area is 112 Å². The van der Waals surface area contributed by atoms with Crippen LogP contribution >= 0.6 is 0 Å². The van der Waals surface area contributed by atoms with Crippen molar-refractivity contribution in [3.05, 3.63) is 0 Å². The molecule has 1 heterocycles. The van der Waals surface area contributed by atoms with Crippen molar-refractivity contribution in [3.8, 4) is 0 Å². The molecule has 4 nitrogen and oxygen atoms in total. The molecule has 1 saturated heterocycles. The number of aliphatic hydroxyl groups excluding tert-OH is 1. The molecule has 1 fully saturated rings. The SMILES string of the molecule is CC(C)(C)OC=O.CCCC.OC1CCNCC1. The monoisotopic (exact) mass is 261 g/mol. The fourth-order valence-electron chi connectivity index (χ4n) is 0.951. The van der Waals surface area contributed by atoms with Gasteiger partial charge in [-0.25, -0.2) is 0 Å². The van der Waals surface area contributed by atoms with E-state index in [-0.39, 0.29) is 11.7 Å². The highest BCUT2D eigenvalue weighted by Crippen LogP contribution is 2.02. The van der Waals surface area contributed by atoms with Crippen molar-refractivity contribution in [2.24, 2.45) is 0 Å². The Morgan fingerprint density at radius 2 is 1.67 bits per heavy atom. The quantitative estimate of drug-likeness (QED) is 0.750.